The van der Waals surface area contributed by atoms with Crippen LogP contribution in [0.25, 0.3) is 0 Å². The summed E-state index contributed by atoms with van der Waals surface area (Å²) in [7, 11) is 1.98. The largest absolute Gasteiger partial charge is 0.490 e. The predicted octanol–water partition coefficient (Wildman–Crippen LogP) is 4.01. The zero-order valence-electron chi connectivity index (χ0n) is 14.7. The first-order valence-electron chi connectivity index (χ1n) is 8.41. The van der Waals surface area contributed by atoms with Crippen LogP contribution in [0.2, 0.25) is 5.02 Å². The van der Waals surface area contributed by atoms with Crippen molar-refractivity contribution in [1.82, 2.24) is 10.2 Å². The number of amides is 1. The number of likely N-dealkylation sites (tertiary alicyclic amines) is 1. The van der Waals surface area contributed by atoms with Crippen LogP contribution in [0.3, 0.4) is 0 Å². The van der Waals surface area contributed by atoms with Gasteiger partial charge in [0.25, 0.3) is 5.91 Å². The normalized spacial score (nSPS) is 15.3. The van der Waals surface area contributed by atoms with Crippen molar-refractivity contribution in [3.63, 3.8) is 0 Å². The number of nitrogens with one attached hydrogen (secondary N) is 1. The van der Waals surface area contributed by atoms with Crippen LogP contribution in [0, 0.1) is 5.92 Å². The number of ether oxygens (including phenoxy) is 1. The Morgan fingerprint density at radius 1 is 1.38 bits per heavy atom. The van der Waals surface area contributed by atoms with E-state index in [-0.39, 0.29) is 24.4 Å². The third-order valence-electron chi connectivity index (χ3n) is 4.24. The molecule has 0 bridgehead atoms. The first kappa shape index (κ1) is 21.1. The van der Waals surface area contributed by atoms with Gasteiger partial charge in [-0.25, -0.2) is 0 Å². The SMILES string of the molecule is CNCCC1CCN(C(=O)c2cc(Cl)ccc2OC(C)C)CC1.Cl. The van der Waals surface area contributed by atoms with Gasteiger partial charge in [-0.15, -0.1) is 12.4 Å². The molecule has 0 aromatic heterocycles. The molecule has 24 heavy (non-hydrogen) atoms. The van der Waals surface area contributed by atoms with E-state index in [1.807, 2.05) is 25.8 Å². The molecule has 0 saturated carbocycles. The van der Waals surface area contributed by atoms with E-state index in [2.05, 4.69) is 5.32 Å². The van der Waals surface area contributed by atoms with Crippen molar-refractivity contribution in [3.05, 3.63) is 28.8 Å². The van der Waals surface area contributed by atoms with Crippen LogP contribution in [0.5, 0.6) is 5.75 Å². The summed E-state index contributed by atoms with van der Waals surface area (Å²) in [5.74, 6) is 1.35. The van der Waals surface area contributed by atoms with Crippen molar-refractivity contribution in [2.24, 2.45) is 5.92 Å². The number of carbonyl (C=O) groups is 1. The molecule has 1 aliphatic rings. The maximum atomic E-state index is 12.8. The van der Waals surface area contributed by atoms with Crippen molar-refractivity contribution in [1.29, 1.82) is 0 Å². The number of piperidine rings is 1. The molecule has 0 spiro atoms. The summed E-state index contributed by atoms with van der Waals surface area (Å²) in [6.07, 6.45) is 3.33. The Balaban J connectivity index is 0.00000288. The number of rotatable bonds is 6. The van der Waals surface area contributed by atoms with Gasteiger partial charge >= 0.3 is 0 Å². The van der Waals surface area contributed by atoms with Gasteiger partial charge in [0.05, 0.1) is 11.7 Å². The van der Waals surface area contributed by atoms with Gasteiger partial charge in [0.2, 0.25) is 0 Å². The molecule has 136 valence electrons. The van der Waals surface area contributed by atoms with Crippen molar-refractivity contribution in [3.8, 4) is 5.75 Å². The van der Waals surface area contributed by atoms with Crippen LogP contribution in [-0.4, -0.2) is 43.6 Å². The average Bonchev–Trinajstić information content (AvgIpc) is 2.54. The molecule has 1 saturated heterocycles. The van der Waals surface area contributed by atoms with E-state index < -0.39 is 0 Å². The highest BCUT2D eigenvalue weighted by Gasteiger charge is 2.25. The smallest absolute Gasteiger partial charge is 0.257 e. The Morgan fingerprint density at radius 2 is 2.04 bits per heavy atom. The fourth-order valence-corrected chi connectivity index (χ4v) is 3.14. The van der Waals surface area contributed by atoms with Crippen molar-refractivity contribution < 1.29 is 9.53 Å². The Hall–Kier alpha value is -0.970. The van der Waals surface area contributed by atoms with Gasteiger partial charge < -0.3 is 15.0 Å². The highest BCUT2D eigenvalue weighted by Crippen LogP contribution is 2.28. The van der Waals surface area contributed by atoms with Gasteiger partial charge in [-0.05, 0) is 70.8 Å². The topological polar surface area (TPSA) is 41.6 Å². The second-order valence-electron chi connectivity index (χ2n) is 6.43. The second kappa shape index (κ2) is 10.1. The molecule has 0 aliphatic carbocycles. The summed E-state index contributed by atoms with van der Waals surface area (Å²) in [5, 5.41) is 3.76. The van der Waals surface area contributed by atoms with Crippen molar-refractivity contribution in [2.45, 2.75) is 39.2 Å². The molecule has 0 radical (unpaired) electrons. The minimum atomic E-state index is 0. The fraction of sp³-hybridized carbons (Fsp3) is 0.611. The van der Waals surface area contributed by atoms with Gasteiger partial charge in [0.1, 0.15) is 5.75 Å². The first-order valence-corrected chi connectivity index (χ1v) is 8.79. The Morgan fingerprint density at radius 3 is 2.62 bits per heavy atom. The molecular weight excluding hydrogens is 347 g/mol. The van der Waals surface area contributed by atoms with Crippen LogP contribution < -0.4 is 10.1 Å². The third-order valence-corrected chi connectivity index (χ3v) is 4.47. The molecule has 1 N–H and O–H groups in total. The lowest BCUT2D eigenvalue weighted by Gasteiger charge is -2.32. The third kappa shape index (κ3) is 5.83. The minimum Gasteiger partial charge on any atom is -0.490 e. The van der Waals surface area contributed by atoms with Crippen molar-refractivity contribution >= 4 is 29.9 Å². The lowest BCUT2D eigenvalue weighted by atomic mass is 9.93. The van der Waals surface area contributed by atoms with E-state index in [0.29, 0.717) is 22.3 Å². The number of benzene rings is 1. The fourth-order valence-electron chi connectivity index (χ4n) is 2.97. The number of hydrogen-bond donors (Lipinski definition) is 1. The van der Waals surface area contributed by atoms with Gasteiger partial charge in [-0.3, -0.25) is 4.79 Å². The second-order valence-corrected chi connectivity index (χ2v) is 6.87. The molecular formula is C18H28Cl2N2O2. The maximum absolute atomic E-state index is 12.8. The molecule has 6 heteroatoms. The van der Waals surface area contributed by atoms with E-state index >= 15 is 0 Å². The molecule has 4 nitrogen and oxygen atoms in total. The predicted molar refractivity (Wildman–Crippen MR) is 102 cm³/mol. The van der Waals surface area contributed by atoms with Crippen LogP contribution >= 0.6 is 24.0 Å². The average molecular weight is 375 g/mol. The molecule has 0 atom stereocenters. The highest BCUT2D eigenvalue weighted by atomic mass is 35.5. The molecule has 1 amide bonds. The van der Waals surface area contributed by atoms with Crippen molar-refractivity contribution in [2.75, 3.05) is 26.7 Å². The Kier molecular flexibility index (Phi) is 8.88. The summed E-state index contributed by atoms with van der Waals surface area (Å²) >= 11 is 6.08. The van der Waals surface area contributed by atoms with E-state index in [1.54, 1.807) is 18.2 Å². The Labute approximate surface area is 156 Å². The van der Waals surface area contributed by atoms with Crippen LogP contribution in [-0.2, 0) is 0 Å². The summed E-state index contributed by atoms with van der Waals surface area (Å²) < 4.78 is 5.77. The van der Waals surface area contributed by atoms with Crippen LogP contribution in [0.15, 0.2) is 18.2 Å². The maximum Gasteiger partial charge on any atom is 0.257 e. The first-order chi connectivity index (χ1) is 11.0. The van der Waals surface area contributed by atoms with Gasteiger partial charge in [-0.2, -0.15) is 0 Å². The lowest BCUT2D eigenvalue weighted by Crippen LogP contribution is -2.39. The van der Waals surface area contributed by atoms with Crippen LogP contribution in [0.1, 0.15) is 43.5 Å². The van der Waals surface area contributed by atoms with Gasteiger partial charge in [0, 0.05) is 18.1 Å². The molecule has 1 fully saturated rings. The minimum absolute atomic E-state index is 0. The summed E-state index contributed by atoms with van der Waals surface area (Å²) in [4.78, 5) is 14.8. The number of hydrogen-bond acceptors (Lipinski definition) is 3. The van der Waals surface area contributed by atoms with E-state index in [0.717, 1.165) is 32.5 Å². The zero-order chi connectivity index (χ0) is 16.8. The molecule has 1 aromatic carbocycles. The Bertz CT molecular complexity index is 530. The summed E-state index contributed by atoms with van der Waals surface area (Å²) in [6, 6.07) is 5.27. The quantitative estimate of drug-likeness (QED) is 0.817. The van der Waals surface area contributed by atoms with E-state index in [9.17, 15) is 4.79 Å². The number of nitrogens with zero attached hydrogens (tertiary/aromatic N) is 1. The summed E-state index contributed by atoms with van der Waals surface area (Å²) in [5.41, 5.74) is 0.569. The monoisotopic (exact) mass is 374 g/mol. The molecule has 1 aliphatic heterocycles. The van der Waals surface area contributed by atoms with Gasteiger partial charge in [0.15, 0.2) is 0 Å². The molecule has 2 rings (SSSR count). The van der Waals surface area contributed by atoms with E-state index in [1.165, 1.54) is 6.42 Å². The standard InChI is InChI=1S/C18H27ClN2O2.ClH/c1-13(2)23-17-5-4-15(19)12-16(17)18(22)21-10-7-14(8-11-21)6-9-20-3;/h4-5,12-14,20H,6-11H2,1-3H3;1H. The number of carbonyl (C=O) groups excluding carboxylic acids is 1. The number of halogens is 2. The molecule has 1 aromatic rings. The lowest BCUT2D eigenvalue weighted by molar-refractivity contribution is 0.0681. The molecule has 0 unspecified atom stereocenters. The summed E-state index contributed by atoms with van der Waals surface area (Å²) in [6.45, 7) is 6.56. The van der Waals surface area contributed by atoms with Gasteiger partial charge in [-0.1, -0.05) is 11.6 Å². The van der Waals surface area contributed by atoms with E-state index in [4.69, 9.17) is 16.3 Å². The van der Waals surface area contributed by atoms with Crippen LogP contribution in [0.4, 0.5) is 0 Å². The zero-order valence-corrected chi connectivity index (χ0v) is 16.3. The highest BCUT2D eigenvalue weighted by molar-refractivity contribution is 6.31. The molecule has 1 heterocycles.